The first kappa shape index (κ1) is 16.3. The maximum Gasteiger partial charge on any atom is 0.270 e. The van der Waals surface area contributed by atoms with Crippen molar-refractivity contribution in [3.05, 3.63) is 52.5 Å². The van der Waals surface area contributed by atoms with Crippen molar-refractivity contribution in [3.63, 3.8) is 0 Å². The normalized spacial score (nSPS) is 14.5. The molecule has 6 heteroatoms. The number of carbonyl (C=O) groups is 1. The van der Waals surface area contributed by atoms with Crippen LogP contribution >= 0.6 is 11.6 Å². The first-order chi connectivity index (χ1) is 11.5. The molecule has 0 bridgehead atoms. The summed E-state index contributed by atoms with van der Waals surface area (Å²) in [5.74, 6) is 0.147. The van der Waals surface area contributed by atoms with E-state index in [9.17, 15) is 4.79 Å². The molecule has 0 saturated heterocycles. The van der Waals surface area contributed by atoms with Gasteiger partial charge in [-0.1, -0.05) is 11.6 Å². The van der Waals surface area contributed by atoms with Gasteiger partial charge in [0, 0.05) is 29.0 Å². The summed E-state index contributed by atoms with van der Waals surface area (Å²) in [6.07, 6.45) is 2.22. The summed E-state index contributed by atoms with van der Waals surface area (Å²) in [5.41, 5.74) is 15.8. The van der Waals surface area contributed by atoms with Gasteiger partial charge in [0.15, 0.2) is 0 Å². The summed E-state index contributed by atoms with van der Waals surface area (Å²) >= 11 is 5.90. The molecule has 1 aliphatic carbocycles. The van der Waals surface area contributed by atoms with Crippen molar-refractivity contribution in [3.8, 4) is 0 Å². The Morgan fingerprint density at radius 1 is 1.17 bits per heavy atom. The Morgan fingerprint density at radius 2 is 1.83 bits per heavy atom. The fraction of sp³-hybridized carbons (Fsp3) is 0.222. The third-order valence-corrected chi connectivity index (χ3v) is 4.29. The molecule has 0 aliphatic heterocycles. The second-order valence-corrected chi connectivity index (χ2v) is 6.30. The Labute approximate surface area is 145 Å². The molecule has 0 unspecified atom stereocenters. The standard InChI is InChI=1S/C18H19ClN4O/c1-22-18(24)17(23-12-6-4-11(19)5-7-12)14-8-13(10-2-3-10)15(20)9-16(14)21/h4-10H,2-3,20-21H2,1H3,(H,22,24). The topological polar surface area (TPSA) is 93.5 Å². The van der Waals surface area contributed by atoms with Gasteiger partial charge in [-0.2, -0.15) is 0 Å². The minimum atomic E-state index is -0.303. The highest BCUT2D eigenvalue weighted by molar-refractivity contribution is 6.46. The third kappa shape index (κ3) is 3.36. The molecule has 0 atom stereocenters. The Kier molecular flexibility index (Phi) is 4.44. The van der Waals surface area contributed by atoms with Crippen LogP contribution in [0.5, 0.6) is 0 Å². The number of anilines is 2. The number of carbonyl (C=O) groups excluding carboxylic acids is 1. The predicted octanol–water partition coefficient (Wildman–Crippen LogP) is 3.25. The van der Waals surface area contributed by atoms with Crippen LogP contribution in [0.3, 0.4) is 0 Å². The Bertz CT molecular complexity index is 811. The summed E-state index contributed by atoms with van der Waals surface area (Å²) < 4.78 is 0. The van der Waals surface area contributed by atoms with Crippen LogP contribution in [-0.4, -0.2) is 18.7 Å². The van der Waals surface area contributed by atoms with Crippen LogP contribution < -0.4 is 16.8 Å². The third-order valence-electron chi connectivity index (χ3n) is 4.04. The highest BCUT2D eigenvalue weighted by atomic mass is 35.5. The zero-order valence-corrected chi connectivity index (χ0v) is 14.1. The zero-order chi connectivity index (χ0) is 17.3. The van der Waals surface area contributed by atoms with E-state index in [4.69, 9.17) is 23.1 Å². The molecule has 0 spiro atoms. The number of hydrogen-bond donors (Lipinski definition) is 3. The Hall–Kier alpha value is -2.53. The number of hydrogen-bond acceptors (Lipinski definition) is 4. The molecule has 0 radical (unpaired) electrons. The molecule has 1 aliphatic rings. The monoisotopic (exact) mass is 342 g/mol. The number of nitrogens with zero attached hydrogens (tertiary/aromatic N) is 1. The molecule has 0 heterocycles. The zero-order valence-electron chi connectivity index (χ0n) is 13.3. The average Bonchev–Trinajstić information content (AvgIpc) is 3.39. The summed E-state index contributed by atoms with van der Waals surface area (Å²) in [6.45, 7) is 0. The van der Waals surface area contributed by atoms with Crippen LogP contribution in [0.15, 0.2) is 41.4 Å². The maximum atomic E-state index is 12.4. The van der Waals surface area contributed by atoms with Gasteiger partial charge in [-0.15, -0.1) is 0 Å². The largest absolute Gasteiger partial charge is 0.398 e. The molecular weight excluding hydrogens is 324 g/mol. The van der Waals surface area contributed by atoms with E-state index in [0.29, 0.717) is 33.6 Å². The molecule has 2 aromatic carbocycles. The van der Waals surface area contributed by atoms with E-state index in [0.717, 1.165) is 18.4 Å². The molecular formula is C18H19ClN4O. The lowest BCUT2D eigenvalue weighted by Crippen LogP contribution is -2.29. The highest BCUT2D eigenvalue weighted by Crippen LogP contribution is 2.44. The smallest absolute Gasteiger partial charge is 0.270 e. The Morgan fingerprint density at radius 3 is 2.42 bits per heavy atom. The maximum absolute atomic E-state index is 12.4. The van der Waals surface area contributed by atoms with E-state index in [2.05, 4.69) is 10.3 Å². The molecule has 1 fully saturated rings. The van der Waals surface area contributed by atoms with Crippen LogP contribution in [0.25, 0.3) is 0 Å². The fourth-order valence-electron chi connectivity index (χ4n) is 2.60. The van der Waals surface area contributed by atoms with Crippen molar-refractivity contribution in [1.82, 2.24) is 5.32 Å². The predicted molar refractivity (Wildman–Crippen MR) is 99.0 cm³/mol. The van der Waals surface area contributed by atoms with Crippen molar-refractivity contribution >= 4 is 40.3 Å². The van der Waals surface area contributed by atoms with E-state index in [-0.39, 0.29) is 11.6 Å². The number of nitrogens with one attached hydrogen (secondary N) is 1. The van der Waals surface area contributed by atoms with Gasteiger partial charge in [0.2, 0.25) is 0 Å². The van der Waals surface area contributed by atoms with Crippen LogP contribution in [0.1, 0.15) is 29.9 Å². The second kappa shape index (κ2) is 6.53. The number of rotatable bonds is 4. The van der Waals surface area contributed by atoms with E-state index in [1.54, 1.807) is 37.4 Å². The number of amides is 1. The van der Waals surface area contributed by atoms with Crippen molar-refractivity contribution in [2.75, 3.05) is 18.5 Å². The lowest BCUT2D eigenvalue weighted by atomic mass is 9.99. The molecule has 24 heavy (non-hydrogen) atoms. The van der Waals surface area contributed by atoms with Gasteiger partial charge in [-0.3, -0.25) is 4.79 Å². The number of benzene rings is 2. The van der Waals surface area contributed by atoms with Crippen LogP contribution in [0.2, 0.25) is 5.02 Å². The number of likely N-dealkylation sites (N-methyl/N-ethyl adjacent to an activating group) is 1. The lowest BCUT2D eigenvalue weighted by molar-refractivity contribution is -0.114. The lowest BCUT2D eigenvalue weighted by Gasteiger charge is -2.13. The van der Waals surface area contributed by atoms with E-state index < -0.39 is 0 Å². The van der Waals surface area contributed by atoms with Gasteiger partial charge < -0.3 is 16.8 Å². The van der Waals surface area contributed by atoms with Gasteiger partial charge in [0.1, 0.15) is 5.71 Å². The molecule has 124 valence electrons. The van der Waals surface area contributed by atoms with Gasteiger partial charge in [-0.25, -0.2) is 4.99 Å². The molecule has 2 aromatic rings. The number of halogens is 1. The summed E-state index contributed by atoms with van der Waals surface area (Å²) in [4.78, 5) is 16.8. The minimum Gasteiger partial charge on any atom is -0.398 e. The highest BCUT2D eigenvalue weighted by Gasteiger charge is 2.28. The van der Waals surface area contributed by atoms with Crippen molar-refractivity contribution < 1.29 is 4.79 Å². The first-order valence-corrected chi connectivity index (χ1v) is 8.13. The van der Waals surface area contributed by atoms with Crippen LogP contribution in [0.4, 0.5) is 17.1 Å². The quantitative estimate of drug-likeness (QED) is 0.588. The van der Waals surface area contributed by atoms with Crippen molar-refractivity contribution in [2.45, 2.75) is 18.8 Å². The van der Waals surface area contributed by atoms with Gasteiger partial charge in [0.05, 0.1) is 5.69 Å². The van der Waals surface area contributed by atoms with E-state index >= 15 is 0 Å². The molecule has 1 amide bonds. The van der Waals surface area contributed by atoms with Gasteiger partial charge >= 0.3 is 0 Å². The molecule has 3 rings (SSSR count). The summed E-state index contributed by atoms with van der Waals surface area (Å²) in [5, 5.41) is 3.23. The summed E-state index contributed by atoms with van der Waals surface area (Å²) in [7, 11) is 1.56. The minimum absolute atomic E-state index is 0.263. The number of aliphatic imine (C=N–C) groups is 1. The van der Waals surface area contributed by atoms with E-state index in [1.807, 2.05) is 6.07 Å². The fourth-order valence-corrected chi connectivity index (χ4v) is 2.73. The Balaban J connectivity index is 2.11. The molecule has 5 nitrogen and oxygen atoms in total. The molecule has 1 saturated carbocycles. The van der Waals surface area contributed by atoms with Crippen LogP contribution in [0, 0.1) is 0 Å². The van der Waals surface area contributed by atoms with Crippen molar-refractivity contribution in [2.24, 2.45) is 4.99 Å². The SMILES string of the molecule is CNC(=O)C(=Nc1ccc(Cl)cc1)c1cc(C2CC2)c(N)cc1N. The number of nitrogens with two attached hydrogens (primary N) is 2. The molecule has 0 aromatic heterocycles. The van der Waals surface area contributed by atoms with Gasteiger partial charge in [-0.05, 0) is 60.7 Å². The second-order valence-electron chi connectivity index (χ2n) is 5.86. The first-order valence-electron chi connectivity index (χ1n) is 7.75. The van der Waals surface area contributed by atoms with E-state index in [1.165, 1.54) is 0 Å². The summed E-state index contributed by atoms with van der Waals surface area (Å²) in [6, 6.07) is 10.6. The van der Waals surface area contributed by atoms with Crippen LogP contribution in [-0.2, 0) is 4.79 Å². The molecule has 5 N–H and O–H groups in total. The van der Waals surface area contributed by atoms with Gasteiger partial charge in [0.25, 0.3) is 5.91 Å². The van der Waals surface area contributed by atoms with Crippen molar-refractivity contribution in [1.29, 1.82) is 0 Å². The average molecular weight is 343 g/mol. The number of nitrogen functional groups attached to an aromatic ring is 2.